The lowest BCUT2D eigenvalue weighted by Crippen LogP contribution is -2.50. The lowest BCUT2D eigenvalue weighted by Gasteiger charge is -2.21. The molecule has 8 nitrogen and oxygen atoms in total. The Labute approximate surface area is 120 Å². The fourth-order valence-corrected chi connectivity index (χ4v) is 2.19. The molecule has 3 rings (SSSR count). The van der Waals surface area contributed by atoms with E-state index in [0.717, 1.165) is 5.69 Å². The van der Waals surface area contributed by atoms with E-state index in [1.54, 1.807) is 4.68 Å². The van der Waals surface area contributed by atoms with E-state index in [0.29, 0.717) is 25.2 Å². The maximum Gasteiger partial charge on any atom is 0.243 e. The molecule has 1 saturated heterocycles. The topological polar surface area (TPSA) is 102 Å². The SMILES string of the molecule is O=C1CCC(NCc2nnnn2-c2ccccc2)C(=O)N1. The van der Waals surface area contributed by atoms with Gasteiger partial charge in [0.2, 0.25) is 11.8 Å². The van der Waals surface area contributed by atoms with E-state index in [1.807, 2.05) is 30.3 Å². The van der Waals surface area contributed by atoms with Crippen LogP contribution in [0.4, 0.5) is 0 Å². The molecule has 1 unspecified atom stereocenters. The number of nitrogens with zero attached hydrogens (tertiary/aromatic N) is 4. The van der Waals surface area contributed by atoms with E-state index in [9.17, 15) is 9.59 Å². The highest BCUT2D eigenvalue weighted by molar-refractivity contribution is 6.00. The molecular formula is C13H14N6O2. The average Bonchev–Trinajstić information content (AvgIpc) is 2.96. The van der Waals surface area contributed by atoms with Gasteiger partial charge in [-0.25, -0.2) is 0 Å². The normalized spacial score (nSPS) is 18.6. The molecule has 108 valence electrons. The van der Waals surface area contributed by atoms with Crippen molar-refractivity contribution in [2.24, 2.45) is 0 Å². The van der Waals surface area contributed by atoms with Gasteiger partial charge < -0.3 is 0 Å². The molecule has 1 fully saturated rings. The van der Waals surface area contributed by atoms with E-state index in [1.165, 1.54) is 0 Å². The van der Waals surface area contributed by atoms with E-state index in [2.05, 4.69) is 26.2 Å². The van der Waals surface area contributed by atoms with Crippen LogP contribution in [-0.4, -0.2) is 38.1 Å². The first-order chi connectivity index (χ1) is 10.2. The Morgan fingerprint density at radius 3 is 2.86 bits per heavy atom. The molecule has 1 aromatic heterocycles. The number of carbonyl (C=O) groups excluding carboxylic acids is 2. The minimum atomic E-state index is -0.399. The van der Waals surface area contributed by atoms with Gasteiger partial charge in [0.15, 0.2) is 5.82 Å². The Kier molecular flexibility index (Phi) is 3.69. The Morgan fingerprint density at radius 2 is 2.10 bits per heavy atom. The number of carbonyl (C=O) groups is 2. The standard InChI is InChI=1S/C13H14N6O2/c20-12-7-6-10(13(21)15-12)14-8-11-16-17-18-19(11)9-4-2-1-3-5-9/h1-5,10,14H,6-8H2,(H,15,20,21). The number of rotatable bonds is 4. The second-order valence-electron chi connectivity index (χ2n) is 4.73. The van der Waals surface area contributed by atoms with Gasteiger partial charge in [-0.1, -0.05) is 18.2 Å². The minimum Gasteiger partial charge on any atom is -0.299 e. The molecule has 1 aliphatic rings. The fourth-order valence-electron chi connectivity index (χ4n) is 2.19. The lowest BCUT2D eigenvalue weighted by atomic mass is 10.1. The van der Waals surface area contributed by atoms with E-state index in [-0.39, 0.29) is 11.8 Å². The van der Waals surface area contributed by atoms with Crippen LogP contribution in [0.2, 0.25) is 0 Å². The summed E-state index contributed by atoms with van der Waals surface area (Å²) in [4.78, 5) is 22.8. The van der Waals surface area contributed by atoms with Crippen molar-refractivity contribution in [3.05, 3.63) is 36.2 Å². The largest absolute Gasteiger partial charge is 0.299 e. The van der Waals surface area contributed by atoms with Gasteiger partial charge in [-0.3, -0.25) is 20.2 Å². The highest BCUT2D eigenvalue weighted by Gasteiger charge is 2.26. The highest BCUT2D eigenvalue weighted by atomic mass is 16.2. The number of para-hydroxylation sites is 1. The van der Waals surface area contributed by atoms with E-state index >= 15 is 0 Å². The fraction of sp³-hybridized carbons (Fsp3) is 0.308. The van der Waals surface area contributed by atoms with E-state index < -0.39 is 6.04 Å². The number of piperidine rings is 1. The summed E-state index contributed by atoms with van der Waals surface area (Å²) in [5.41, 5.74) is 0.850. The van der Waals surface area contributed by atoms with Gasteiger partial charge in [-0.15, -0.1) is 5.10 Å². The molecule has 0 aliphatic carbocycles. The van der Waals surface area contributed by atoms with E-state index in [4.69, 9.17) is 0 Å². The van der Waals surface area contributed by atoms with Gasteiger partial charge in [0.1, 0.15) is 0 Å². The van der Waals surface area contributed by atoms with Crippen LogP contribution in [0, 0.1) is 0 Å². The summed E-state index contributed by atoms with van der Waals surface area (Å²) in [6.45, 7) is 0.341. The van der Waals surface area contributed by atoms with Crippen LogP contribution >= 0.6 is 0 Å². The summed E-state index contributed by atoms with van der Waals surface area (Å²) < 4.78 is 1.61. The lowest BCUT2D eigenvalue weighted by molar-refractivity contribution is -0.134. The molecule has 21 heavy (non-hydrogen) atoms. The van der Waals surface area contributed by atoms with Gasteiger partial charge in [0.05, 0.1) is 18.3 Å². The quantitative estimate of drug-likeness (QED) is 0.739. The van der Waals surface area contributed by atoms with Crippen LogP contribution in [0.25, 0.3) is 5.69 Å². The zero-order valence-corrected chi connectivity index (χ0v) is 11.2. The van der Waals surface area contributed by atoms with Gasteiger partial charge in [-0.05, 0) is 29.0 Å². The summed E-state index contributed by atoms with van der Waals surface area (Å²) >= 11 is 0. The number of hydrogen-bond acceptors (Lipinski definition) is 6. The second-order valence-corrected chi connectivity index (χ2v) is 4.73. The van der Waals surface area contributed by atoms with Crippen molar-refractivity contribution >= 4 is 11.8 Å². The number of nitrogens with one attached hydrogen (secondary N) is 2. The summed E-state index contributed by atoms with van der Waals surface area (Å²) in [6, 6.07) is 9.10. The number of aromatic nitrogens is 4. The predicted octanol–water partition coefficient (Wildman–Crippen LogP) is -0.443. The van der Waals surface area contributed by atoms with Crippen LogP contribution in [0.3, 0.4) is 0 Å². The van der Waals surface area contributed by atoms with Crippen molar-refractivity contribution in [1.82, 2.24) is 30.8 Å². The molecule has 8 heteroatoms. The Balaban J connectivity index is 1.68. The molecule has 0 radical (unpaired) electrons. The van der Waals surface area contributed by atoms with Crippen molar-refractivity contribution in [1.29, 1.82) is 0 Å². The van der Waals surface area contributed by atoms with Crippen molar-refractivity contribution in [2.75, 3.05) is 0 Å². The minimum absolute atomic E-state index is 0.229. The van der Waals surface area contributed by atoms with Crippen molar-refractivity contribution < 1.29 is 9.59 Å². The Bertz CT molecular complexity index is 654. The zero-order valence-electron chi connectivity index (χ0n) is 11.2. The number of imide groups is 1. The van der Waals surface area contributed by atoms with Gasteiger partial charge in [0, 0.05) is 6.42 Å². The predicted molar refractivity (Wildman–Crippen MR) is 72.2 cm³/mol. The van der Waals surface area contributed by atoms with Gasteiger partial charge >= 0.3 is 0 Å². The summed E-state index contributed by atoms with van der Waals surface area (Å²) in [5.74, 6) is 0.0723. The monoisotopic (exact) mass is 286 g/mol. The van der Waals surface area contributed by atoms with Gasteiger partial charge in [-0.2, -0.15) is 4.68 Å². The molecule has 2 aromatic rings. The van der Waals surface area contributed by atoms with Crippen molar-refractivity contribution in [3.8, 4) is 5.69 Å². The molecule has 1 aliphatic heterocycles. The van der Waals surface area contributed by atoms with Crippen LogP contribution < -0.4 is 10.6 Å². The molecule has 2 N–H and O–H groups in total. The highest BCUT2D eigenvalue weighted by Crippen LogP contribution is 2.08. The second kappa shape index (κ2) is 5.80. The third kappa shape index (κ3) is 2.95. The third-order valence-corrected chi connectivity index (χ3v) is 3.28. The molecule has 0 spiro atoms. The maximum atomic E-state index is 11.7. The number of hydrogen-bond donors (Lipinski definition) is 2. The first-order valence-corrected chi connectivity index (χ1v) is 6.64. The maximum absolute atomic E-state index is 11.7. The third-order valence-electron chi connectivity index (χ3n) is 3.28. The van der Waals surface area contributed by atoms with Crippen molar-refractivity contribution in [3.63, 3.8) is 0 Å². The Morgan fingerprint density at radius 1 is 1.29 bits per heavy atom. The van der Waals surface area contributed by atoms with Crippen molar-refractivity contribution in [2.45, 2.75) is 25.4 Å². The zero-order chi connectivity index (χ0) is 14.7. The number of amides is 2. The first kappa shape index (κ1) is 13.4. The number of tetrazole rings is 1. The molecular weight excluding hydrogens is 272 g/mol. The summed E-state index contributed by atoms with van der Waals surface area (Å²) in [7, 11) is 0. The Hall–Kier alpha value is -2.61. The van der Waals surface area contributed by atoms with Crippen LogP contribution in [0.15, 0.2) is 30.3 Å². The summed E-state index contributed by atoms with van der Waals surface area (Å²) in [5, 5.41) is 16.9. The summed E-state index contributed by atoms with van der Waals surface area (Å²) in [6.07, 6.45) is 0.824. The molecule has 2 amide bonds. The molecule has 1 aromatic carbocycles. The molecule has 2 heterocycles. The van der Waals surface area contributed by atoms with Crippen LogP contribution in [-0.2, 0) is 16.1 Å². The van der Waals surface area contributed by atoms with Gasteiger partial charge in [0.25, 0.3) is 0 Å². The van der Waals surface area contributed by atoms with Crippen LogP contribution in [0.5, 0.6) is 0 Å². The smallest absolute Gasteiger partial charge is 0.243 e. The molecule has 1 atom stereocenters. The first-order valence-electron chi connectivity index (χ1n) is 6.64. The molecule has 0 saturated carbocycles. The number of benzene rings is 1. The van der Waals surface area contributed by atoms with Crippen LogP contribution in [0.1, 0.15) is 18.7 Å². The molecule has 0 bridgehead atoms. The average molecular weight is 286 g/mol.